The molecule has 0 aliphatic carbocycles. The van der Waals surface area contributed by atoms with Gasteiger partial charge in [-0.2, -0.15) is 0 Å². The van der Waals surface area contributed by atoms with Gasteiger partial charge in [-0.15, -0.1) is 0 Å². The molecule has 0 bridgehead atoms. The van der Waals surface area contributed by atoms with Crippen LogP contribution in [0.2, 0.25) is 0 Å². The van der Waals surface area contributed by atoms with Gasteiger partial charge in [0.05, 0.1) is 39.6 Å². The van der Waals surface area contributed by atoms with Crippen molar-refractivity contribution in [3.63, 3.8) is 0 Å². The summed E-state index contributed by atoms with van der Waals surface area (Å²) in [6.45, 7) is 4.20. The molecule has 0 rings (SSSR count). The lowest BCUT2D eigenvalue weighted by molar-refractivity contribution is -0.303. The number of hydrogen-bond acceptors (Lipinski definition) is 7. The Morgan fingerprint density at radius 1 is 0.750 bits per heavy atom. The minimum Gasteiger partial charge on any atom is -0.481 e. The van der Waals surface area contributed by atoms with Crippen LogP contribution < -0.4 is 0 Å². The van der Waals surface area contributed by atoms with E-state index in [2.05, 4.69) is 6.92 Å². The van der Waals surface area contributed by atoms with Crippen LogP contribution in [0.5, 0.6) is 0 Å². The molecular weight excluding hydrogens is 320 g/mol. The van der Waals surface area contributed by atoms with E-state index in [9.17, 15) is 4.79 Å². The zero-order valence-corrected chi connectivity index (χ0v) is 14.8. The zero-order chi connectivity index (χ0) is 18.3. The summed E-state index contributed by atoms with van der Waals surface area (Å²) in [7, 11) is 0. The fraction of sp³-hybridized carbons (Fsp3) is 0.938. The van der Waals surface area contributed by atoms with Crippen LogP contribution in [-0.4, -0.2) is 74.1 Å². The molecule has 0 radical (unpaired) electrons. The number of aliphatic carboxylic acids is 1. The van der Waals surface area contributed by atoms with Crippen LogP contribution in [0.3, 0.4) is 0 Å². The van der Waals surface area contributed by atoms with E-state index in [1.54, 1.807) is 0 Å². The van der Waals surface area contributed by atoms with Crippen molar-refractivity contribution in [3.05, 3.63) is 0 Å². The van der Waals surface area contributed by atoms with Gasteiger partial charge in [-0.1, -0.05) is 32.6 Å². The smallest absolute Gasteiger partial charge is 0.303 e. The lowest BCUT2D eigenvalue weighted by Crippen LogP contribution is -2.11. The Labute approximate surface area is 144 Å². The standard InChI is InChI=1S/C8H18O6.C8H16O2/c9-1-3-11-5-7-13-14-8-6-12-4-2-10;1-2-3-4-5-6-7-8(9)10/h9-10H,1-8H2;2-7H2,1H3,(H,9,10). The van der Waals surface area contributed by atoms with Crippen LogP contribution in [0, 0.1) is 0 Å². The number of ether oxygens (including phenoxy) is 2. The van der Waals surface area contributed by atoms with Gasteiger partial charge in [0.15, 0.2) is 0 Å². The molecule has 0 saturated carbocycles. The molecule has 0 atom stereocenters. The van der Waals surface area contributed by atoms with Crippen molar-refractivity contribution in [2.75, 3.05) is 52.9 Å². The molecule has 0 heterocycles. The molecule has 0 aromatic carbocycles. The van der Waals surface area contributed by atoms with E-state index in [4.69, 9.17) is 34.6 Å². The van der Waals surface area contributed by atoms with Gasteiger partial charge in [0.1, 0.15) is 13.2 Å². The lowest BCUT2D eigenvalue weighted by atomic mass is 10.1. The first-order valence-corrected chi connectivity index (χ1v) is 8.52. The molecular formula is C16H34O8. The summed E-state index contributed by atoms with van der Waals surface area (Å²) in [6.07, 6.45) is 5.88. The highest BCUT2D eigenvalue weighted by Gasteiger charge is 1.94. The van der Waals surface area contributed by atoms with E-state index in [1.165, 1.54) is 19.3 Å². The van der Waals surface area contributed by atoms with Crippen molar-refractivity contribution < 1.29 is 39.4 Å². The summed E-state index contributed by atoms with van der Waals surface area (Å²) in [6, 6.07) is 0. The fourth-order valence-corrected chi connectivity index (χ4v) is 1.52. The Hall–Kier alpha value is -0.770. The number of aliphatic hydroxyl groups excluding tert-OH is 2. The Bertz CT molecular complexity index is 226. The molecule has 0 aromatic rings. The first kappa shape index (κ1) is 25.5. The summed E-state index contributed by atoms with van der Waals surface area (Å²) < 4.78 is 9.82. The molecule has 0 aliphatic rings. The molecule has 0 spiro atoms. The first-order valence-electron chi connectivity index (χ1n) is 8.52. The van der Waals surface area contributed by atoms with Gasteiger partial charge in [-0.25, -0.2) is 9.78 Å². The highest BCUT2D eigenvalue weighted by molar-refractivity contribution is 5.66. The average molecular weight is 354 g/mol. The summed E-state index contributed by atoms with van der Waals surface area (Å²) in [4.78, 5) is 19.5. The quantitative estimate of drug-likeness (QED) is 0.204. The Kier molecular flexibility index (Phi) is 26.0. The van der Waals surface area contributed by atoms with Gasteiger partial charge in [0, 0.05) is 6.42 Å². The minimum absolute atomic E-state index is 0.00978. The van der Waals surface area contributed by atoms with Crippen molar-refractivity contribution in [3.8, 4) is 0 Å². The topological polar surface area (TPSA) is 115 Å². The van der Waals surface area contributed by atoms with E-state index in [0.717, 1.165) is 12.8 Å². The van der Waals surface area contributed by atoms with E-state index in [1.807, 2.05) is 0 Å². The molecule has 146 valence electrons. The van der Waals surface area contributed by atoms with Gasteiger partial charge in [-0.05, 0) is 6.42 Å². The normalized spacial score (nSPS) is 10.3. The summed E-state index contributed by atoms with van der Waals surface area (Å²) >= 11 is 0. The lowest BCUT2D eigenvalue weighted by Gasteiger charge is -2.04. The molecule has 0 saturated heterocycles. The third-order valence-corrected chi connectivity index (χ3v) is 2.67. The van der Waals surface area contributed by atoms with Gasteiger partial charge in [-0.3, -0.25) is 4.79 Å². The highest BCUT2D eigenvalue weighted by Crippen LogP contribution is 2.04. The first-order chi connectivity index (χ1) is 11.7. The van der Waals surface area contributed by atoms with Crippen LogP contribution >= 0.6 is 0 Å². The number of carboxylic acid groups (broad SMARTS) is 1. The number of unbranched alkanes of at least 4 members (excludes halogenated alkanes) is 4. The molecule has 0 amide bonds. The maximum Gasteiger partial charge on any atom is 0.303 e. The van der Waals surface area contributed by atoms with Gasteiger partial charge < -0.3 is 24.8 Å². The largest absolute Gasteiger partial charge is 0.481 e. The molecule has 0 unspecified atom stereocenters. The molecule has 0 aromatic heterocycles. The summed E-state index contributed by atoms with van der Waals surface area (Å²) in [5.41, 5.74) is 0. The molecule has 24 heavy (non-hydrogen) atoms. The molecule has 8 heteroatoms. The number of carbonyl (C=O) groups is 1. The van der Waals surface area contributed by atoms with E-state index in [0.29, 0.717) is 46.1 Å². The van der Waals surface area contributed by atoms with E-state index < -0.39 is 5.97 Å². The second-order valence-electron chi connectivity index (χ2n) is 4.87. The highest BCUT2D eigenvalue weighted by atomic mass is 17.2. The van der Waals surface area contributed by atoms with Crippen molar-refractivity contribution >= 4 is 5.97 Å². The Morgan fingerprint density at radius 3 is 1.67 bits per heavy atom. The van der Waals surface area contributed by atoms with Crippen LogP contribution in [0.1, 0.15) is 45.4 Å². The van der Waals surface area contributed by atoms with Crippen LogP contribution in [-0.2, 0) is 24.0 Å². The second-order valence-corrected chi connectivity index (χ2v) is 4.87. The zero-order valence-electron chi connectivity index (χ0n) is 14.8. The van der Waals surface area contributed by atoms with Crippen LogP contribution in [0.15, 0.2) is 0 Å². The van der Waals surface area contributed by atoms with E-state index >= 15 is 0 Å². The van der Waals surface area contributed by atoms with Crippen molar-refractivity contribution in [1.82, 2.24) is 0 Å². The monoisotopic (exact) mass is 354 g/mol. The predicted molar refractivity (Wildman–Crippen MR) is 88.7 cm³/mol. The Morgan fingerprint density at radius 2 is 1.25 bits per heavy atom. The summed E-state index contributed by atoms with van der Waals surface area (Å²) in [5.74, 6) is -0.670. The number of hydrogen-bond donors (Lipinski definition) is 3. The third-order valence-electron chi connectivity index (χ3n) is 2.67. The third kappa shape index (κ3) is 29.3. The SMILES string of the molecule is CCCCCCCC(=O)O.OCCOCCOOCCOCCO. The molecule has 3 N–H and O–H groups in total. The fourth-order valence-electron chi connectivity index (χ4n) is 1.52. The van der Waals surface area contributed by atoms with Crippen molar-refractivity contribution in [1.29, 1.82) is 0 Å². The van der Waals surface area contributed by atoms with Gasteiger partial charge in [0.2, 0.25) is 0 Å². The maximum atomic E-state index is 10.0. The number of rotatable bonds is 17. The molecule has 0 aliphatic heterocycles. The second kappa shape index (κ2) is 24.5. The maximum absolute atomic E-state index is 10.0. The number of aliphatic hydroxyl groups is 2. The van der Waals surface area contributed by atoms with Crippen molar-refractivity contribution in [2.24, 2.45) is 0 Å². The molecule has 0 fully saturated rings. The minimum atomic E-state index is -0.670. The number of carboxylic acids is 1. The Balaban J connectivity index is 0. The average Bonchev–Trinajstić information content (AvgIpc) is 2.57. The molecule has 8 nitrogen and oxygen atoms in total. The van der Waals surface area contributed by atoms with Crippen LogP contribution in [0.4, 0.5) is 0 Å². The predicted octanol–water partition coefficient (Wildman–Crippen LogP) is 1.38. The van der Waals surface area contributed by atoms with E-state index in [-0.39, 0.29) is 13.2 Å². The van der Waals surface area contributed by atoms with Gasteiger partial charge in [0.25, 0.3) is 0 Å². The van der Waals surface area contributed by atoms with Crippen molar-refractivity contribution in [2.45, 2.75) is 45.4 Å². The summed E-state index contributed by atoms with van der Waals surface area (Å²) in [5, 5.41) is 25.0. The van der Waals surface area contributed by atoms with Gasteiger partial charge >= 0.3 is 5.97 Å². The van der Waals surface area contributed by atoms with Crippen LogP contribution in [0.25, 0.3) is 0 Å².